The van der Waals surface area contributed by atoms with Crippen molar-refractivity contribution in [1.82, 2.24) is 0 Å². The van der Waals surface area contributed by atoms with Gasteiger partial charge in [0.2, 0.25) is 5.91 Å². The van der Waals surface area contributed by atoms with Crippen LogP contribution in [0.3, 0.4) is 0 Å². The first-order valence-corrected chi connectivity index (χ1v) is 6.95. The number of carbonyl (C=O) groups excluding carboxylic acids is 1. The van der Waals surface area contributed by atoms with Gasteiger partial charge in [0.15, 0.2) is 0 Å². The Hall–Kier alpha value is -1.59. The summed E-state index contributed by atoms with van der Waals surface area (Å²) in [6.45, 7) is 6.32. The topological polar surface area (TPSA) is 73.6 Å². The van der Waals surface area contributed by atoms with Crippen LogP contribution in [0.2, 0.25) is 0 Å². The molecule has 1 aromatic carbocycles. The molecule has 0 saturated heterocycles. The number of hydrogen-bond donors (Lipinski definition) is 2. The third-order valence-electron chi connectivity index (χ3n) is 2.79. The lowest BCUT2D eigenvalue weighted by atomic mass is 10.1. The number of nitrogen functional groups attached to an aromatic ring is 1. The van der Waals surface area contributed by atoms with Crippen molar-refractivity contribution in [3.05, 3.63) is 23.8 Å². The smallest absolute Gasteiger partial charge is 0.224 e. The Kier molecular flexibility index (Phi) is 7.69. The molecule has 0 atom stereocenters. The first kappa shape index (κ1) is 16.5. The van der Waals surface area contributed by atoms with E-state index in [4.69, 9.17) is 15.2 Å². The molecule has 5 nitrogen and oxygen atoms in total. The van der Waals surface area contributed by atoms with Crippen molar-refractivity contribution in [1.29, 1.82) is 0 Å². The molecule has 0 aliphatic rings. The highest BCUT2D eigenvalue weighted by atomic mass is 16.5. The van der Waals surface area contributed by atoms with E-state index in [1.165, 1.54) is 0 Å². The molecule has 0 aliphatic heterocycles. The highest BCUT2D eigenvalue weighted by molar-refractivity contribution is 5.91. The molecule has 0 unspecified atom stereocenters. The lowest BCUT2D eigenvalue weighted by Gasteiger charge is -2.09. The van der Waals surface area contributed by atoms with E-state index in [2.05, 4.69) is 5.32 Å². The van der Waals surface area contributed by atoms with Gasteiger partial charge in [-0.25, -0.2) is 0 Å². The Balaban J connectivity index is 2.17. The van der Waals surface area contributed by atoms with Crippen LogP contribution in [0.4, 0.5) is 11.4 Å². The van der Waals surface area contributed by atoms with Crippen LogP contribution in [0, 0.1) is 6.92 Å². The van der Waals surface area contributed by atoms with Gasteiger partial charge in [-0.1, -0.05) is 0 Å². The standard InChI is InChI=1S/C15H24N2O3/c1-3-19-9-10-20-8-4-5-15(18)17-14-7-6-13(16)11-12(14)2/h6-7,11H,3-5,8-10,16H2,1-2H3,(H,17,18). The predicted octanol–water partition coefficient (Wildman–Crippen LogP) is 2.35. The second-order valence-electron chi connectivity index (χ2n) is 4.54. The largest absolute Gasteiger partial charge is 0.399 e. The highest BCUT2D eigenvalue weighted by Crippen LogP contribution is 2.17. The molecule has 112 valence electrons. The average Bonchev–Trinajstić information content (AvgIpc) is 2.41. The Bertz CT molecular complexity index is 422. The molecule has 0 fully saturated rings. The van der Waals surface area contributed by atoms with E-state index in [9.17, 15) is 4.79 Å². The zero-order valence-corrected chi connectivity index (χ0v) is 12.3. The maximum absolute atomic E-state index is 11.8. The average molecular weight is 280 g/mol. The van der Waals surface area contributed by atoms with Crippen molar-refractivity contribution >= 4 is 17.3 Å². The van der Waals surface area contributed by atoms with E-state index in [1.54, 1.807) is 6.07 Å². The van der Waals surface area contributed by atoms with Crippen LogP contribution in [-0.2, 0) is 14.3 Å². The molecular formula is C15H24N2O3. The Morgan fingerprint density at radius 2 is 2.00 bits per heavy atom. The molecule has 0 saturated carbocycles. The number of nitrogens with two attached hydrogens (primary N) is 1. The van der Waals surface area contributed by atoms with Gasteiger partial charge in [0.1, 0.15) is 0 Å². The predicted molar refractivity (Wildman–Crippen MR) is 80.8 cm³/mol. The van der Waals surface area contributed by atoms with Crippen molar-refractivity contribution in [2.75, 3.05) is 37.5 Å². The number of nitrogens with one attached hydrogen (secondary N) is 1. The van der Waals surface area contributed by atoms with E-state index < -0.39 is 0 Å². The fraction of sp³-hybridized carbons (Fsp3) is 0.533. The number of rotatable bonds is 9. The summed E-state index contributed by atoms with van der Waals surface area (Å²) in [5.41, 5.74) is 8.14. The van der Waals surface area contributed by atoms with E-state index in [-0.39, 0.29) is 5.91 Å². The summed E-state index contributed by atoms with van der Waals surface area (Å²) in [6, 6.07) is 5.44. The molecule has 0 spiro atoms. The molecule has 1 rings (SSSR count). The summed E-state index contributed by atoms with van der Waals surface area (Å²) in [5, 5.41) is 2.87. The fourth-order valence-electron chi connectivity index (χ4n) is 1.74. The normalized spacial score (nSPS) is 10.5. The lowest BCUT2D eigenvalue weighted by Crippen LogP contribution is -2.13. The van der Waals surface area contributed by atoms with E-state index in [0.717, 1.165) is 11.3 Å². The minimum absolute atomic E-state index is 0.00807. The van der Waals surface area contributed by atoms with Crippen molar-refractivity contribution in [2.45, 2.75) is 26.7 Å². The summed E-state index contributed by atoms with van der Waals surface area (Å²) < 4.78 is 10.5. The quantitative estimate of drug-likeness (QED) is 0.538. The number of aryl methyl sites for hydroxylation is 1. The summed E-state index contributed by atoms with van der Waals surface area (Å²) in [5.74, 6) is -0.00807. The second kappa shape index (κ2) is 9.34. The first-order chi connectivity index (χ1) is 9.63. The molecule has 0 heterocycles. The number of benzene rings is 1. The van der Waals surface area contributed by atoms with Gasteiger partial charge < -0.3 is 20.5 Å². The zero-order chi connectivity index (χ0) is 14.8. The number of ether oxygens (including phenoxy) is 2. The van der Waals surface area contributed by atoms with Crippen LogP contribution < -0.4 is 11.1 Å². The van der Waals surface area contributed by atoms with Gasteiger partial charge in [-0.3, -0.25) is 4.79 Å². The third-order valence-corrected chi connectivity index (χ3v) is 2.79. The van der Waals surface area contributed by atoms with Crippen LogP contribution in [0.1, 0.15) is 25.3 Å². The molecular weight excluding hydrogens is 256 g/mol. The molecule has 0 aliphatic carbocycles. The van der Waals surface area contributed by atoms with Gasteiger partial charge >= 0.3 is 0 Å². The minimum Gasteiger partial charge on any atom is -0.399 e. The van der Waals surface area contributed by atoms with Crippen molar-refractivity contribution in [3.8, 4) is 0 Å². The molecule has 0 aromatic heterocycles. The van der Waals surface area contributed by atoms with Crippen LogP contribution in [0.15, 0.2) is 18.2 Å². The first-order valence-electron chi connectivity index (χ1n) is 6.95. The van der Waals surface area contributed by atoms with Crippen LogP contribution in [0.25, 0.3) is 0 Å². The molecule has 5 heteroatoms. The van der Waals surface area contributed by atoms with Crippen molar-refractivity contribution < 1.29 is 14.3 Å². The van der Waals surface area contributed by atoms with Crippen LogP contribution in [0.5, 0.6) is 0 Å². The maximum Gasteiger partial charge on any atom is 0.224 e. The number of anilines is 2. The molecule has 0 radical (unpaired) electrons. The third kappa shape index (κ3) is 6.54. The van der Waals surface area contributed by atoms with Gasteiger partial charge in [0.25, 0.3) is 0 Å². The van der Waals surface area contributed by atoms with Crippen molar-refractivity contribution in [2.24, 2.45) is 0 Å². The monoisotopic (exact) mass is 280 g/mol. The van der Waals surface area contributed by atoms with Gasteiger partial charge in [-0.05, 0) is 44.0 Å². The van der Waals surface area contributed by atoms with E-state index >= 15 is 0 Å². The Morgan fingerprint density at radius 3 is 2.70 bits per heavy atom. The van der Waals surface area contributed by atoms with Gasteiger partial charge in [-0.2, -0.15) is 0 Å². The van der Waals surface area contributed by atoms with Gasteiger partial charge in [0.05, 0.1) is 13.2 Å². The van der Waals surface area contributed by atoms with E-state index in [0.29, 0.717) is 45.0 Å². The van der Waals surface area contributed by atoms with Gasteiger partial charge in [0, 0.05) is 31.0 Å². The maximum atomic E-state index is 11.8. The summed E-state index contributed by atoms with van der Waals surface area (Å²) in [4.78, 5) is 11.8. The molecule has 20 heavy (non-hydrogen) atoms. The summed E-state index contributed by atoms with van der Waals surface area (Å²) >= 11 is 0. The second-order valence-corrected chi connectivity index (χ2v) is 4.54. The molecule has 3 N–H and O–H groups in total. The summed E-state index contributed by atoms with van der Waals surface area (Å²) in [6.07, 6.45) is 1.14. The molecule has 0 bridgehead atoms. The van der Waals surface area contributed by atoms with E-state index in [1.807, 2.05) is 26.0 Å². The number of hydrogen-bond acceptors (Lipinski definition) is 4. The highest BCUT2D eigenvalue weighted by Gasteiger charge is 2.04. The Morgan fingerprint density at radius 1 is 1.25 bits per heavy atom. The summed E-state index contributed by atoms with van der Waals surface area (Å²) in [7, 11) is 0. The number of carbonyl (C=O) groups is 1. The van der Waals surface area contributed by atoms with Crippen molar-refractivity contribution in [3.63, 3.8) is 0 Å². The Labute approximate surface area is 120 Å². The zero-order valence-electron chi connectivity index (χ0n) is 12.3. The molecule has 1 amide bonds. The van der Waals surface area contributed by atoms with Crippen LogP contribution in [-0.4, -0.2) is 32.3 Å². The van der Waals surface area contributed by atoms with Gasteiger partial charge in [-0.15, -0.1) is 0 Å². The SMILES string of the molecule is CCOCCOCCCC(=O)Nc1ccc(N)cc1C. The number of amides is 1. The molecule has 1 aromatic rings. The fourth-order valence-corrected chi connectivity index (χ4v) is 1.74. The van der Waals surface area contributed by atoms with Crippen LogP contribution >= 0.6 is 0 Å². The lowest BCUT2D eigenvalue weighted by molar-refractivity contribution is -0.116. The minimum atomic E-state index is -0.00807.